The number of halogens is 1. The minimum absolute atomic E-state index is 0.403. The SMILES string of the molecule is Cc1nn(Cc2ccccc2)c(Cl)c1/C=N/n1c(-c2ccccc2)n[nH]c1=S. The van der Waals surface area contributed by atoms with Crippen LogP contribution in [0.3, 0.4) is 0 Å². The van der Waals surface area contributed by atoms with Gasteiger partial charge in [-0.25, -0.2) is 9.78 Å². The first kappa shape index (κ1) is 18.3. The van der Waals surface area contributed by atoms with Crippen LogP contribution in [-0.2, 0) is 6.54 Å². The van der Waals surface area contributed by atoms with E-state index in [1.807, 2.05) is 67.6 Å². The minimum Gasteiger partial charge on any atom is -0.250 e. The van der Waals surface area contributed by atoms with Crippen molar-refractivity contribution in [1.82, 2.24) is 24.7 Å². The van der Waals surface area contributed by atoms with Gasteiger partial charge in [0.2, 0.25) is 4.77 Å². The smallest absolute Gasteiger partial charge is 0.216 e. The van der Waals surface area contributed by atoms with Crippen molar-refractivity contribution in [3.05, 3.63) is 87.4 Å². The molecule has 0 unspecified atom stereocenters. The highest BCUT2D eigenvalue weighted by Gasteiger charge is 2.13. The fourth-order valence-electron chi connectivity index (χ4n) is 2.86. The number of H-pyrrole nitrogens is 1. The van der Waals surface area contributed by atoms with Gasteiger partial charge < -0.3 is 0 Å². The van der Waals surface area contributed by atoms with Crippen molar-refractivity contribution in [2.45, 2.75) is 13.5 Å². The molecule has 0 saturated heterocycles. The van der Waals surface area contributed by atoms with Gasteiger partial charge in [0, 0.05) is 5.56 Å². The molecule has 0 atom stereocenters. The van der Waals surface area contributed by atoms with E-state index in [1.54, 1.807) is 15.6 Å². The third-order valence-electron chi connectivity index (χ3n) is 4.27. The Morgan fingerprint density at radius 3 is 2.50 bits per heavy atom. The molecule has 2 aromatic heterocycles. The fraction of sp³-hybridized carbons (Fsp3) is 0.100. The number of aromatic nitrogens is 5. The molecule has 0 spiro atoms. The van der Waals surface area contributed by atoms with E-state index in [1.165, 1.54) is 0 Å². The molecule has 0 amide bonds. The Morgan fingerprint density at radius 1 is 1.11 bits per heavy atom. The molecule has 2 aromatic carbocycles. The minimum atomic E-state index is 0.403. The van der Waals surface area contributed by atoms with E-state index in [-0.39, 0.29) is 0 Å². The first-order chi connectivity index (χ1) is 13.6. The molecule has 0 aliphatic carbocycles. The van der Waals surface area contributed by atoms with Gasteiger partial charge in [-0.2, -0.15) is 20.0 Å². The van der Waals surface area contributed by atoms with Crippen LogP contribution in [0, 0.1) is 11.7 Å². The van der Waals surface area contributed by atoms with E-state index < -0.39 is 0 Å². The maximum Gasteiger partial charge on any atom is 0.216 e. The van der Waals surface area contributed by atoms with Crippen molar-refractivity contribution in [2.75, 3.05) is 0 Å². The number of hydrogen-bond acceptors (Lipinski definition) is 4. The van der Waals surface area contributed by atoms with Gasteiger partial charge in [-0.15, -0.1) is 0 Å². The molecule has 0 aliphatic heterocycles. The Bertz CT molecular complexity index is 1170. The van der Waals surface area contributed by atoms with Crippen LogP contribution in [0.4, 0.5) is 0 Å². The lowest BCUT2D eigenvalue weighted by atomic mass is 10.2. The zero-order valence-corrected chi connectivity index (χ0v) is 16.7. The second-order valence-corrected chi connectivity index (χ2v) is 6.95. The van der Waals surface area contributed by atoms with Crippen LogP contribution in [0.15, 0.2) is 65.8 Å². The summed E-state index contributed by atoms with van der Waals surface area (Å²) in [5.74, 6) is 0.632. The number of nitrogens with one attached hydrogen (secondary N) is 1. The molecule has 0 aliphatic rings. The van der Waals surface area contributed by atoms with E-state index in [0.717, 1.165) is 22.4 Å². The van der Waals surface area contributed by atoms with Crippen molar-refractivity contribution >= 4 is 30.0 Å². The second-order valence-electron chi connectivity index (χ2n) is 6.21. The predicted molar refractivity (Wildman–Crippen MR) is 113 cm³/mol. The molecule has 28 heavy (non-hydrogen) atoms. The summed E-state index contributed by atoms with van der Waals surface area (Å²) in [6.07, 6.45) is 1.67. The largest absolute Gasteiger partial charge is 0.250 e. The van der Waals surface area contributed by atoms with Crippen LogP contribution in [-0.4, -0.2) is 30.9 Å². The van der Waals surface area contributed by atoms with E-state index in [9.17, 15) is 0 Å². The Hall–Kier alpha value is -3.03. The van der Waals surface area contributed by atoms with Gasteiger partial charge in [-0.3, -0.25) is 0 Å². The highest BCUT2D eigenvalue weighted by molar-refractivity contribution is 7.71. The molecular formula is C20H17ClN6S. The molecule has 0 fully saturated rings. The van der Waals surface area contributed by atoms with Crippen LogP contribution in [0.5, 0.6) is 0 Å². The Morgan fingerprint density at radius 2 is 1.79 bits per heavy atom. The summed E-state index contributed by atoms with van der Waals surface area (Å²) in [7, 11) is 0. The summed E-state index contributed by atoms with van der Waals surface area (Å²) in [5, 5.41) is 16.7. The second kappa shape index (κ2) is 7.92. The molecule has 8 heteroatoms. The number of aromatic amines is 1. The van der Waals surface area contributed by atoms with Crippen molar-refractivity contribution in [3.63, 3.8) is 0 Å². The molecule has 0 bridgehead atoms. The average Bonchev–Trinajstić information content (AvgIpc) is 3.21. The number of benzene rings is 2. The molecule has 1 N–H and O–H groups in total. The zero-order valence-electron chi connectivity index (χ0n) is 15.1. The summed E-state index contributed by atoms with van der Waals surface area (Å²) in [4.78, 5) is 0. The third-order valence-corrected chi connectivity index (χ3v) is 4.93. The van der Waals surface area contributed by atoms with E-state index in [4.69, 9.17) is 23.8 Å². The number of nitrogens with zero attached hydrogens (tertiary/aromatic N) is 5. The van der Waals surface area contributed by atoms with Crippen molar-refractivity contribution in [1.29, 1.82) is 0 Å². The lowest BCUT2D eigenvalue weighted by molar-refractivity contribution is 0.680. The Labute approximate surface area is 172 Å². The third kappa shape index (κ3) is 3.67. The summed E-state index contributed by atoms with van der Waals surface area (Å²) in [5.41, 5.74) is 3.58. The van der Waals surface area contributed by atoms with Gasteiger partial charge in [0.1, 0.15) is 5.15 Å². The molecule has 4 aromatic rings. The van der Waals surface area contributed by atoms with Gasteiger partial charge in [0.25, 0.3) is 0 Å². The van der Waals surface area contributed by atoms with Gasteiger partial charge in [0.05, 0.1) is 24.0 Å². The summed E-state index contributed by atoms with van der Waals surface area (Å²) < 4.78 is 3.75. The molecule has 0 saturated carbocycles. The molecule has 2 heterocycles. The Balaban J connectivity index is 1.67. The Kier molecular flexibility index (Phi) is 5.18. The number of rotatable bonds is 5. The van der Waals surface area contributed by atoms with Crippen LogP contribution in [0.1, 0.15) is 16.8 Å². The molecule has 4 rings (SSSR count). The monoisotopic (exact) mass is 408 g/mol. The van der Waals surface area contributed by atoms with Crippen LogP contribution in [0.25, 0.3) is 11.4 Å². The van der Waals surface area contributed by atoms with Crippen LogP contribution >= 0.6 is 23.8 Å². The fourth-order valence-corrected chi connectivity index (χ4v) is 3.33. The van der Waals surface area contributed by atoms with Crippen molar-refractivity contribution in [2.24, 2.45) is 5.10 Å². The van der Waals surface area contributed by atoms with Crippen molar-refractivity contribution in [3.8, 4) is 11.4 Å². The first-order valence-corrected chi connectivity index (χ1v) is 9.46. The average molecular weight is 409 g/mol. The first-order valence-electron chi connectivity index (χ1n) is 8.67. The summed E-state index contributed by atoms with van der Waals surface area (Å²) in [6, 6.07) is 19.8. The normalized spacial score (nSPS) is 11.4. The highest BCUT2D eigenvalue weighted by Crippen LogP contribution is 2.20. The van der Waals surface area contributed by atoms with E-state index in [2.05, 4.69) is 20.4 Å². The molecule has 6 nitrogen and oxygen atoms in total. The molecule has 0 radical (unpaired) electrons. The predicted octanol–water partition coefficient (Wildman–Crippen LogP) is 4.70. The van der Waals surface area contributed by atoms with Gasteiger partial charge >= 0.3 is 0 Å². The van der Waals surface area contributed by atoms with Gasteiger partial charge in [-0.1, -0.05) is 72.3 Å². The maximum atomic E-state index is 6.57. The van der Waals surface area contributed by atoms with Crippen LogP contribution < -0.4 is 0 Å². The van der Waals surface area contributed by atoms with E-state index >= 15 is 0 Å². The topological polar surface area (TPSA) is 63.8 Å². The zero-order chi connectivity index (χ0) is 19.5. The maximum absolute atomic E-state index is 6.57. The number of aryl methyl sites for hydroxylation is 1. The highest BCUT2D eigenvalue weighted by atomic mass is 35.5. The number of hydrogen-bond donors (Lipinski definition) is 1. The van der Waals surface area contributed by atoms with Gasteiger partial charge in [0.15, 0.2) is 5.82 Å². The lowest BCUT2D eigenvalue weighted by Gasteiger charge is -2.03. The van der Waals surface area contributed by atoms with Crippen LogP contribution in [0.2, 0.25) is 5.15 Å². The molecule has 140 valence electrons. The van der Waals surface area contributed by atoms with Gasteiger partial charge in [-0.05, 0) is 24.7 Å². The van der Waals surface area contributed by atoms with Crippen molar-refractivity contribution < 1.29 is 0 Å². The standard InChI is InChI=1S/C20H17ClN6S/c1-14-17(18(21)26(25-14)13-15-8-4-2-5-9-15)12-22-27-19(23-24-20(27)28)16-10-6-3-7-11-16/h2-12H,13H2,1H3,(H,24,28)/b22-12+. The summed E-state index contributed by atoms with van der Waals surface area (Å²) in [6.45, 7) is 2.50. The molecular weight excluding hydrogens is 392 g/mol. The van der Waals surface area contributed by atoms with E-state index in [0.29, 0.717) is 22.3 Å². The summed E-state index contributed by atoms with van der Waals surface area (Å²) >= 11 is 11.9. The quantitative estimate of drug-likeness (QED) is 0.384. The lowest BCUT2D eigenvalue weighted by Crippen LogP contribution is -2.02.